The molecule has 2 aliphatic heterocycles. The van der Waals surface area contributed by atoms with Crippen LogP contribution in [0.2, 0.25) is 0 Å². The molecule has 2 saturated heterocycles. The topological polar surface area (TPSA) is 51.0 Å². The second-order valence-corrected chi connectivity index (χ2v) is 6.39. The van der Waals surface area contributed by atoms with Gasteiger partial charge in [-0.05, 0) is 5.56 Å². The van der Waals surface area contributed by atoms with E-state index >= 15 is 0 Å². The number of hydrogen-bond donors (Lipinski definition) is 2. The molecule has 4 heteroatoms. The summed E-state index contributed by atoms with van der Waals surface area (Å²) in [6, 6.07) is 10.7. The Bertz CT molecular complexity index is 476. The Morgan fingerprint density at radius 2 is 1.86 bits per heavy atom. The maximum atomic E-state index is 12.4. The molecule has 2 aliphatic rings. The number of aliphatic hydroxyl groups is 1. The van der Waals surface area contributed by atoms with E-state index < -0.39 is 5.92 Å². The van der Waals surface area contributed by atoms with Crippen molar-refractivity contribution < 1.29 is 19.5 Å². The molecule has 0 amide bonds. The fourth-order valence-electron chi connectivity index (χ4n) is 3.87. The van der Waals surface area contributed by atoms with Crippen molar-refractivity contribution in [3.8, 4) is 0 Å². The number of piperidine rings is 1. The van der Waals surface area contributed by atoms with E-state index in [4.69, 9.17) is 4.74 Å². The van der Waals surface area contributed by atoms with E-state index in [-0.39, 0.29) is 26.1 Å². The molecule has 0 saturated carbocycles. The Morgan fingerprint density at radius 1 is 1.27 bits per heavy atom. The van der Waals surface area contributed by atoms with Crippen LogP contribution in [-0.2, 0) is 9.53 Å². The normalized spacial score (nSPS) is 31.2. The minimum atomic E-state index is -0.559. The third-order valence-electron chi connectivity index (χ3n) is 5.20. The molecule has 2 fully saturated rings. The lowest BCUT2D eigenvalue weighted by Crippen LogP contribution is -3.15. The fourth-order valence-corrected chi connectivity index (χ4v) is 3.87. The van der Waals surface area contributed by atoms with Crippen molar-refractivity contribution in [2.75, 3.05) is 13.7 Å². The molecule has 3 unspecified atom stereocenters. The monoisotopic (exact) mass is 306 g/mol. The maximum Gasteiger partial charge on any atom is 0.316 e. The first-order valence-corrected chi connectivity index (χ1v) is 7.88. The van der Waals surface area contributed by atoms with Crippen molar-refractivity contribution in [2.24, 2.45) is 0 Å². The third-order valence-corrected chi connectivity index (χ3v) is 5.20. The number of aliphatic hydroxyl groups excluding tert-OH is 1. The summed E-state index contributed by atoms with van der Waals surface area (Å²) in [5.41, 5.74) is 0.825. The van der Waals surface area contributed by atoms with Gasteiger partial charge in [0.05, 0.1) is 25.7 Å². The number of esters is 1. The Balaban J connectivity index is 0.00000176. The van der Waals surface area contributed by atoms with Crippen molar-refractivity contribution >= 4 is 5.97 Å². The highest BCUT2D eigenvalue weighted by Crippen LogP contribution is 2.26. The van der Waals surface area contributed by atoms with Gasteiger partial charge >= 0.3 is 5.97 Å². The Kier molecular flexibility index (Phi) is 5.59. The van der Waals surface area contributed by atoms with Crippen LogP contribution in [0.5, 0.6) is 0 Å². The number of fused-ring (bicyclic) bond motifs is 2. The second-order valence-electron chi connectivity index (χ2n) is 6.39. The second kappa shape index (κ2) is 7.25. The first-order valence-electron chi connectivity index (χ1n) is 7.88. The molecule has 122 valence electrons. The number of carbonyl (C=O) groups is 1. The van der Waals surface area contributed by atoms with E-state index in [1.807, 2.05) is 30.3 Å². The Hall–Kier alpha value is -1.39. The molecular formula is C18H28NO3+. The smallest absolute Gasteiger partial charge is 0.316 e. The molecule has 0 aliphatic carbocycles. The molecule has 22 heavy (non-hydrogen) atoms. The lowest BCUT2D eigenvalue weighted by molar-refractivity contribution is -0.923. The fraction of sp³-hybridized carbons (Fsp3) is 0.611. The quantitative estimate of drug-likeness (QED) is 0.821. The number of hydrogen-bond acceptors (Lipinski definition) is 3. The van der Waals surface area contributed by atoms with Gasteiger partial charge in [-0.15, -0.1) is 0 Å². The lowest BCUT2D eigenvalue weighted by Gasteiger charge is -2.33. The van der Waals surface area contributed by atoms with E-state index in [0.717, 1.165) is 18.4 Å². The maximum absolute atomic E-state index is 12.4. The first-order chi connectivity index (χ1) is 10.2. The van der Waals surface area contributed by atoms with E-state index in [9.17, 15) is 9.90 Å². The van der Waals surface area contributed by atoms with Gasteiger partial charge < -0.3 is 14.7 Å². The number of rotatable bonds is 4. The van der Waals surface area contributed by atoms with Gasteiger partial charge in [0.2, 0.25) is 0 Å². The summed E-state index contributed by atoms with van der Waals surface area (Å²) in [7, 11) is 2.25. The molecule has 2 heterocycles. The van der Waals surface area contributed by atoms with E-state index in [2.05, 4.69) is 7.05 Å². The third kappa shape index (κ3) is 3.33. The van der Waals surface area contributed by atoms with Crippen LogP contribution in [-0.4, -0.2) is 42.9 Å². The zero-order valence-corrected chi connectivity index (χ0v) is 12.5. The highest BCUT2D eigenvalue weighted by Gasteiger charge is 2.44. The molecule has 0 radical (unpaired) electrons. The summed E-state index contributed by atoms with van der Waals surface area (Å²) in [6.07, 6.45) is 4.43. The van der Waals surface area contributed by atoms with Crippen molar-refractivity contribution in [2.45, 2.75) is 57.2 Å². The van der Waals surface area contributed by atoms with Gasteiger partial charge in [-0.3, -0.25) is 4.79 Å². The van der Waals surface area contributed by atoms with Gasteiger partial charge in [0.1, 0.15) is 12.0 Å². The predicted octanol–water partition coefficient (Wildman–Crippen LogP) is 1.15. The zero-order valence-electron chi connectivity index (χ0n) is 12.5. The molecule has 0 aromatic heterocycles. The van der Waals surface area contributed by atoms with Crippen LogP contribution in [0.3, 0.4) is 0 Å². The van der Waals surface area contributed by atoms with Crippen LogP contribution in [0, 0.1) is 0 Å². The van der Waals surface area contributed by atoms with Crippen LogP contribution in [0.1, 0.15) is 44.6 Å². The summed E-state index contributed by atoms with van der Waals surface area (Å²) >= 11 is 0. The molecular weight excluding hydrogens is 278 g/mol. The number of carbonyl (C=O) groups excluding carboxylic acids is 1. The van der Waals surface area contributed by atoms with Gasteiger partial charge in [-0.2, -0.15) is 0 Å². The molecule has 1 aromatic carbocycles. The first kappa shape index (κ1) is 17.0. The van der Waals surface area contributed by atoms with Crippen molar-refractivity contribution in [1.29, 1.82) is 0 Å². The SMILES string of the molecule is C.C[NH+]1[C@@H]2CC[C@H]1CC(OC(=O)C(CO)c1ccccc1)C2. The minimum absolute atomic E-state index is 0. The van der Waals surface area contributed by atoms with Crippen molar-refractivity contribution in [3.63, 3.8) is 0 Å². The molecule has 4 nitrogen and oxygen atoms in total. The van der Waals surface area contributed by atoms with Crippen molar-refractivity contribution in [1.82, 2.24) is 0 Å². The molecule has 5 atom stereocenters. The summed E-state index contributed by atoms with van der Waals surface area (Å²) in [5, 5.41) is 9.53. The average molecular weight is 306 g/mol. The Labute approximate surface area is 133 Å². The molecule has 0 spiro atoms. The van der Waals surface area contributed by atoms with Gasteiger partial charge in [-0.1, -0.05) is 37.8 Å². The summed E-state index contributed by atoms with van der Waals surface area (Å²) in [4.78, 5) is 14.0. The molecule has 1 aromatic rings. The van der Waals surface area contributed by atoms with E-state index in [1.54, 1.807) is 4.90 Å². The number of nitrogens with one attached hydrogen (secondary N) is 1. The average Bonchev–Trinajstić information content (AvgIpc) is 2.72. The standard InChI is InChI=1S/C17H23NO3.CH4/c1-18-13-7-8-14(18)10-15(9-13)21-17(20)16(11-19)12-5-3-2-4-6-12;/h2-6,13-16,19H,7-11H2,1H3;1H4/p+1/t13-,14+,15?,16?;. The summed E-state index contributed by atoms with van der Waals surface area (Å²) in [6.45, 7) is -0.201. The highest BCUT2D eigenvalue weighted by molar-refractivity contribution is 5.78. The highest BCUT2D eigenvalue weighted by atomic mass is 16.5. The van der Waals surface area contributed by atoms with Crippen LogP contribution >= 0.6 is 0 Å². The van der Waals surface area contributed by atoms with Crippen LogP contribution < -0.4 is 4.90 Å². The number of benzene rings is 1. The predicted molar refractivity (Wildman–Crippen MR) is 85.8 cm³/mol. The largest absolute Gasteiger partial charge is 0.461 e. The van der Waals surface area contributed by atoms with E-state index in [1.165, 1.54) is 12.8 Å². The number of quaternary nitrogens is 1. The summed E-state index contributed by atoms with van der Waals surface area (Å²) in [5.74, 6) is -0.844. The minimum Gasteiger partial charge on any atom is -0.461 e. The van der Waals surface area contributed by atoms with Gasteiger partial charge in [0.15, 0.2) is 0 Å². The molecule has 3 rings (SSSR count). The van der Waals surface area contributed by atoms with Gasteiger partial charge in [0.25, 0.3) is 0 Å². The van der Waals surface area contributed by atoms with E-state index in [0.29, 0.717) is 12.1 Å². The van der Waals surface area contributed by atoms with Crippen LogP contribution in [0.4, 0.5) is 0 Å². The lowest BCUT2D eigenvalue weighted by atomic mass is 9.98. The van der Waals surface area contributed by atoms with Crippen LogP contribution in [0.15, 0.2) is 30.3 Å². The van der Waals surface area contributed by atoms with Crippen molar-refractivity contribution in [3.05, 3.63) is 35.9 Å². The molecule has 2 N–H and O–H groups in total. The zero-order chi connectivity index (χ0) is 14.8. The Morgan fingerprint density at radius 3 is 2.41 bits per heavy atom. The summed E-state index contributed by atoms with van der Waals surface area (Å²) < 4.78 is 5.72. The van der Waals surface area contributed by atoms with Crippen LogP contribution in [0.25, 0.3) is 0 Å². The van der Waals surface area contributed by atoms with Gasteiger partial charge in [0, 0.05) is 25.7 Å². The number of ether oxygens (including phenoxy) is 1. The molecule has 2 bridgehead atoms. The van der Waals surface area contributed by atoms with Gasteiger partial charge in [-0.25, -0.2) is 0 Å².